The second-order valence-electron chi connectivity index (χ2n) is 4.04. The van der Waals surface area contributed by atoms with E-state index in [1.54, 1.807) is 6.07 Å². The lowest BCUT2D eigenvalue weighted by Crippen LogP contribution is -2.05. The lowest BCUT2D eigenvalue weighted by molar-refractivity contribution is 0.112. The van der Waals surface area contributed by atoms with E-state index in [2.05, 4.69) is 25.0 Å². The third kappa shape index (κ3) is 2.18. The highest BCUT2D eigenvalue weighted by Gasteiger charge is 2.12. The van der Waals surface area contributed by atoms with Crippen molar-refractivity contribution in [1.29, 1.82) is 0 Å². The zero-order chi connectivity index (χ0) is 13.1. The van der Waals surface area contributed by atoms with Crippen LogP contribution in [0.15, 0.2) is 24.3 Å². The van der Waals surface area contributed by atoms with E-state index in [-0.39, 0.29) is 0 Å². The van der Waals surface area contributed by atoms with Gasteiger partial charge in [0.25, 0.3) is 0 Å². The average molecular weight is 263 g/mol. The summed E-state index contributed by atoms with van der Waals surface area (Å²) in [5, 5.41) is 4.98. The summed E-state index contributed by atoms with van der Waals surface area (Å²) in [6, 6.07) is 7.47. The summed E-state index contributed by atoms with van der Waals surface area (Å²) < 4.78 is 1.81. The fourth-order valence-corrected chi connectivity index (χ4v) is 2.15. The highest BCUT2D eigenvalue weighted by molar-refractivity contribution is 6.33. The Morgan fingerprint density at radius 2 is 2.11 bits per heavy atom. The molecule has 18 heavy (non-hydrogen) atoms. The molecule has 0 aliphatic heterocycles. The topological polar surface area (TPSA) is 34.9 Å². The number of aryl methyl sites for hydroxylation is 2. The van der Waals surface area contributed by atoms with Crippen LogP contribution in [0.2, 0.25) is 5.02 Å². The van der Waals surface area contributed by atoms with Crippen molar-refractivity contribution < 1.29 is 4.79 Å². The highest BCUT2D eigenvalue weighted by atomic mass is 35.5. The van der Waals surface area contributed by atoms with E-state index in [9.17, 15) is 4.79 Å². The summed E-state index contributed by atoms with van der Waals surface area (Å²) in [4.78, 5) is 11.2. The number of halogens is 1. The molecule has 94 valence electrons. The van der Waals surface area contributed by atoms with Gasteiger partial charge in [-0.05, 0) is 31.0 Å². The van der Waals surface area contributed by atoms with Crippen LogP contribution in [-0.4, -0.2) is 16.1 Å². The SMILES string of the molecule is CCc1cc(CC)n(-c2cccc(Cl)c2C=O)n1. The molecule has 0 saturated heterocycles. The predicted molar refractivity (Wildman–Crippen MR) is 72.7 cm³/mol. The van der Waals surface area contributed by atoms with Crippen LogP contribution in [0.1, 0.15) is 35.6 Å². The van der Waals surface area contributed by atoms with Gasteiger partial charge in [0.1, 0.15) is 0 Å². The zero-order valence-corrected chi connectivity index (χ0v) is 11.2. The summed E-state index contributed by atoms with van der Waals surface area (Å²) in [5.74, 6) is 0. The molecule has 2 aromatic rings. The molecular formula is C14H15ClN2O. The first-order valence-electron chi connectivity index (χ1n) is 6.03. The molecule has 1 aromatic heterocycles. The standard InChI is InChI=1S/C14H15ClN2O/c1-3-10-8-11(4-2)17(16-10)14-7-5-6-13(15)12(14)9-18/h5-9H,3-4H2,1-2H3. The molecule has 0 amide bonds. The van der Waals surface area contributed by atoms with Gasteiger partial charge in [-0.1, -0.05) is 31.5 Å². The first-order chi connectivity index (χ1) is 8.71. The average Bonchev–Trinajstić information content (AvgIpc) is 2.81. The number of hydrogen-bond acceptors (Lipinski definition) is 2. The van der Waals surface area contributed by atoms with Crippen LogP contribution in [-0.2, 0) is 12.8 Å². The van der Waals surface area contributed by atoms with Gasteiger partial charge < -0.3 is 0 Å². The minimum Gasteiger partial charge on any atom is -0.298 e. The van der Waals surface area contributed by atoms with Gasteiger partial charge in [-0.25, -0.2) is 4.68 Å². The molecule has 1 aromatic carbocycles. The van der Waals surface area contributed by atoms with Crippen LogP contribution in [0.25, 0.3) is 5.69 Å². The van der Waals surface area contributed by atoms with E-state index in [1.807, 2.05) is 16.8 Å². The summed E-state index contributed by atoms with van der Waals surface area (Å²) >= 11 is 6.04. The number of aldehydes is 1. The Morgan fingerprint density at radius 3 is 2.72 bits per heavy atom. The zero-order valence-electron chi connectivity index (χ0n) is 10.5. The minimum atomic E-state index is 0.457. The van der Waals surface area contributed by atoms with Crippen LogP contribution in [0.5, 0.6) is 0 Å². The molecule has 2 rings (SSSR count). The summed E-state index contributed by atoms with van der Waals surface area (Å²) in [6.45, 7) is 4.13. The first kappa shape index (κ1) is 12.8. The van der Waals surface area contributed by atoms with Crippen molar-refractivity contribution in [2.75, 3.05) is 0 Å². The van der Waals surface area contributed by atoms with Crippen molar-refractivity contribution in [3.63, 3.8) is 0 Å². The molecule has 0 spiro atoms. The number of benzene rings is 1. The van der Waals surface area contributed by atoms with Gasteiger partial charge >= 0.3 is 0 Å². The number of carbonyl (C=O) groups excluding carboxylic acids is 1. The van der Waals surface area contributed by atoms with Crippen molar-refractivity contribution in [2.24, 2.45) is 0 Å². The summed E-state index contributed by atoms with van der Waals surface area (Å²) in [5.41, 5.74) is 3.33. The van der Waals surface area contributed by atoms with Crippen LogP contribution in [0, 0.1) is 0 Å². The van der Waals surface area contributed by atoms with Crippen molar-refractivity contribution in [3.8, 4) is 5.69 Å². The first-order valence-corrected chi connectivity index (χ1v) is 6.40. The number of aromatic nitrogens is 2. The summed E-state index contributed by atoms with van der Waals surface area (Å²) in [7, 11) is 0. The monoisotopic (exact) mass is 262 g/mol. The van der Waals surface area contributed by atoms with Gasteiger partial charge in [0.05, 0.1) is 22.0 Å². The number of hydrogen-bond donors (Lipinski definition) is 0. The van der Waals surface area contributed by atoms with Crippen molar-refractivity contribution in [3.05, 3.63) is 46.2 Å². The lowest BCUT2D eigenvalue weighted by Gasteiger charge is -2.09. The van der Waals surface area contributed by atoms with Crippen molar-refractivity contribution >= 4 is 17.9 Å². The van der Waals surface area contributed by atoms with E-state index < -0.39 is 0 Å². The molecule has 0 aliphatic rings. The van der Waals surface area contributed by atoms with Gasteiger partial charge in [-0.3, -0.25) is 4.79 Å². The molecule has 0 radical (unpaired) electrons. The second-order valence-corrected chi connectivity index (χ2v) is 4.44. The number of carbonyl (C=O) groups is 1. The van der Waals surface area contributed by atoms with Crippen LogP contribution < -0.4 is 0 Å². The van der Waals surface area contributed by atoms with E-state index >= 15 is 0 Å². The highest BCUT2D eigenvalue weighted by Crippen LogP contribution is 2.23. The van der Waals surface area contributed by atoms with Crippen molar-refractivity contribution in [1.82, 2.24) is 9.78 Å². The number of nitrogens with zero attached hydrogens (tertiary/aromatic N) is 2. The largest absolute Gasteiger partial charge is 0.298 e. The molecule has 0 bridgehead atoms. The third-order valence-corrected chi connectivity index (χ3v) is 3.26. The molecule has 0 saturated carbocycles. The van der Waals surface area contributed by atoms with Gasteiger partial charge in [0.2, 0.25) is 0 Å². The predicted octanol–water partition coefficient (Wildman–Crippen LogP) is 3.46. The third-order valence-electron chi connectivity index (χ3n) is 2.93. The molecule has 0 fully saturated rings. The van der Waals surface area contributed by atoms with Crippen LogP contribution in [0.3, 0.4) is 0 Å². The Morgan fingerprint density at radius 1 is 1.33 bits per heavy atom. The van der Waals surface area contributed by atoms with Crippen LogP contribution >= 0.6 is 11.6 Å². The maximum absolute atomic E-state index is 11.2. The van der Waals surface area contributed by atoms with Gasteiger partial charge in [0, 0.05) is 5.69 Å². The molecular weight excluding hydrogens is 248 g/mol. The molecule has 0 unspecified atom stereocenters. The van der Waals surface area contributed by atoms with Gasteiger partial charge in [-0.15, -0.1) is 0 Å². The smallest absolute Gasteiger partial charge is 0.153 e. The fourth-order valence-electron chi connectivity index (χ4n) is 1.94. The van der Waals surface area contributed by atoms with E-state index in [0.29, 0.717) is 10.6 Å². The quantitative estimate of drug-likeness (QED) is 0.791. The van der Waals surface area contributed by atoms with E-state index in [4.69, 9.17) is 11.6 Å². The maximum atomic E-state index is 11.2. The molecule has 4 heteroatoms. The Labute approximate surface area is 111 Å². The van der Waals surface area contributed by atoms with Crippen molar-refractivity contribution in [2.45, 2.75) is 26.7 Å². The molecule has 1 heterocycles. The molecule has 3 nitrogen and oxygen atoms in total. The lowest BCUT2D eigenvalue weighted by atomic mass is 10.2. The van der Waals surface area contributed by atoms with Gasteiger partial charge in [0.15, 0.2) is 6.29 Å². The molecule has 0 N–H and O–H groups in total. The second kappa shape index (κ2) is 5.36. The molecule has 0 aliphatic carbocycles. The number of rotatable bonds is 4. The molecule has 0 atom stereocenters. The normalized spacial score (nSPS) is 10.6. The van der Waals surface area contributed by atoms with Crippen LogP contribution in [0.4, 0.5) is 0 Å². The Kier molecular flexibility index (Phi) is 3.82. The Bertz CT molecular complexity index is 575. The summed E-state index contributed by atoms with van der Waals surface area (Å²) in [6.07, 6.45) is 2.51. The van der Waals surface area contributed by atoms with E-state index in [0.717, 1.165) is 36.2 Å². The van der Waals surface area contributed by atoms with Gasteiger partial charge in [-0.2, -0.15) is 5.10 Å². The fraction of sp³-hybridized carbons (Fsp3) is 0.286. The minimum absolute atomic E-state index is 0.457. The van der Waals surface area contributed by atoms with E-state index in [1.165, 1.54) is 0 Å². The maximum Gasteiger partial charge on any atom is 0.153 e. The Balaban J connectivity index is 2.64. The Hall–Kier alpha value is -1.61.